The van der Waals surface area contributed by atoms with Gasteiger partial charge in [0.1, 0.15) is 12.1 Å². The Kier molecular flexibility index (Phi) is 6.10. The van der Waals surface area contributed by atoms with Crippen molar-refractivity contribution in [3.63, 3.8) is 0 Å². The molecule has 3 N–H and O–H groups in total. The van der Waals surface area contributed by atoms with Gasteiger partial charge in [0.15, 0.2) is 0 Å². The molecule has 0 fully saturated rings. The lowest BCUT2D eigenvalue weighted by Crippen LogP contribution is -2.56. The van der Waals surface area contributed by atoms with E-state index < -0.39 is 29.6 Å². The molecule has 0 saturated heterocycles. The molecular formula is C23H26N2O5. The monoisotopic (exact) mass is 410 g/mol. The number of alkyl carbamates (subject to hydrolysis) is 1. The smallest absolute Gasteiger partial charge is 0.408 e. The molecule has 2 amide bonds. The highest BCUT2D eigenvalue weighted by Crippen LogP contribution is 2.44. The van der Waals surface area contributed by atoms with Gasteiger partial charge in [-0.2, -0.15) is 0 Å². The zero-order valence-electron chi connectivity index (χ0n) is 17.3. The number of fused-ring (bicyclic) bond motifs is 3. The van der Waals surface area contributed by atoms with E-state index in [-0.39, 0.29) is 18.9 Å². The van der Waals surface area contributed by atoms with Crippen LogP contribution in [0.2, 0.25) is 0 Å². The second kappa shape index (κ2) is 8.57. The minimum Gasteiger partial charge on any atom is -0.481 e. The van der Waals surface area contributed by atoms with Crippen LogP contribution in [0.4, 0.5) is 4.79 Å². The fourth-order valence-corrected chi connectivity index (χ4v) is 3.66. The number of carbonyl (C=O) groups is 3. The number of aliphatic carboxylic acids is 1. The summed E-state index contributed by atoms with van der Waals surface area (Å²) >= 11 is 0. The maximum absolute atomic E-state index is 12.4. The van der Waals surface area contributed by atoms with E-state index in [0.29, 0.717) is 0 Å². The predicted octanol–water partition coefficient (Wildman–Crippen LogP) is 3.28. The van der Waals surface area contributed by atoms with Gasteiger partial charge in [-0.15, -0.1) is 0 Å². The van der Waals surface area contributed by atoms with Gasteiger partial charge in [-0.1, -0.05) is 48.5 Å². The SMILES string of the molecule is CC(CC(=O)O)NC(=O)C(C)(C)NC(=O)OCC1c2ccccc2-c2ccccc21. The topological polar surface area (TPSA) is 105 Å². The van der Waals surface area contributed by atoms with Gasteiger partial charge < -0.3 is 20.5 Å². The second-order valence-electron chi connectivity index (χ2n) is 8.05. The van der Waals surface area contributed by atoms with Gasteiger partial charge >= 0.3 is 12.1 Å². The highest BCUT2D eigenvalue weighted by Gasteiger charge is 2.33. The molecule has 0 bridgehead atoms. The maximum atomic E-state index is 12.4. The molecule has 1 atom stereocenters. The summed E-state index contributed by atoms with van der Waals surface area (Å²) in [7, 11) is 0. The molecule has 3 rings (SSSR count). The fraction of sp³-hybridized carbons (Fsp3) is 0.348. The van der Waals surface area contributed by atoms with Crippen molar-refractivity contribution in [1.82, 2.24) is 10.6 Å². The Morgan fingerprint density at radius 1 is 1.03 bits per heavy atom. The zero-order valence-corrected chi connectivity index (χ0v) is 17.3. The molecule has 0 aromatic heterocycles. The van der Waals surface area contributed by atoms with Crippen LogP contribution in [-0.4, -0.2) is 41.3 Å². The van der Waals surface area contributed by atoms with E-state index in [4.69, 9.17) is 9.84 Å². The van der Waals surface area contributed by atoms with E-state index in [9.17, 15) is 14.4 Å². The van der Waals surface area contributed by atoms with Crippen LogP contribution in [-0.2, 0) is 14.3 Å². The van der Waals surface area contributed by atoms with Gasteiger partial charge in [0.05, 0.1) is 6.42 Å². The highest BCUT2D eigenvalue weighted by molar-refractivity contribution is 5.89. The maximum Gasteiger partial charge on any atom is 0.408 e. The number of rotatable bonds is 7. The first kappa shape index (κ1) is 21.4. The van der Waals surface area contributed by atoms with Crippen LogP contribution in [0, 0.1) is 0 Å². The molecule has 1 aliphatic rings. The van der Waals surface area contributed by atoms with E-state index in [1.54, 1.807) is 6.92 Å². The van der Waals surface area contributed by atoms with Gasteiger partial charge in [0.25, 0.3) is 0 Å². The van der Waals surface area contributed by atoms with Gasteiger partial charge in [-0.05, 0) is 43.0 Å². The largest absolute Gasteiger partial charge is 0.481 e. The van der Waals surface area contributed by atoms with Crippen LogP contribution in [0.15, 0.2) is 48.5 Å². The number of carboxylic acid groups (broad SMARTS) is 1. The summed E-state index contributed by atoms with van der Waals surface area (Å²) in [6.07, 6.45) is -0.907. The molecule has 1 unspecified atom stereocenters. The van der Waals surface area contributed by atoms with Crippen LogP contribution in [0.5, 0.6) is 0 Å². The molecule has 30 heavy (non-hydrogen) atoms. The summed E-state index contributed by atoms with van der Waals surface area (Å²) in [5, 5.41) is 14.0. The molecule has 7 nitrogen and oxygen atoms in total. The van der Waals surface area contributed by atoms with Crippen LogP contribution in [0.25, 0.3) is 11.1 Å². The summed E-state index contributed by atoms with van der Waals surface area (Å²) < 4.78 is 5.47. The third-order valence-electron chi connectivity index (χ3n) is 5.18. The van der Waals surface area contributed by atoms with E-state index in [2.05, 4.69) is 22.8 Å². The highest BCUT2D eigenvalue weighted by atomic mass is 16.5. The van der Waals surface area contributed by atoms with Crippen molar-refractivity contribution in [2.75, 3.05) is 6.61 Å². The molecule has 0 radical (unpaired) electrons. The van der Waals surface area contributed by atoms with E-state index in [1.165, 1.54) is 13.8 Å². The number of carboxylic acids is 1. The Morgan fingerprint density at radius 3 is 2.10 bits per heavy atom. The first-order chi connectivity index (χ1) is 14.2. The Hall–Kier alpha value is -3.35. The van der Waals surface area contributed by atoms with Crippen molar-refractivity contribution in [2.24, 2.45) is 0 Å². The van der Waals surface area contributed by atoms with Gasteiger partial charge in [0.2, 0.25) is 5.91 Å². The normalized spacial score (nSPS) is 13.7. The standard InChI is InChI=1S/C23H26N2O5/c1-14(12-20(26)27)24-21(28)23(2,3)25-22(29)30-13-19-17-10-6-4-8-15(17)16-9-5-7-11-18(16)19/h4-11,14,19H,12-13H2,1-3H3,(H,24,28)(H,25,29)(H,26,27). The predicted molar refractivity (Wildman–Crippen MR) is 112 cm³/mol. The number of hydrogen-bond donors (Lipinski definition) is 3. The summed E-state index contributed by atoms with van der Waals surface area (Å²) in [6.45, 7) is 4.82. The number of hydrogen-bond acceptors (Lipinski definition) is 4. The lowest BCUT2D eigenvalue weighted by molar-refractivity contribution is -0.137. The molecule has 0 saturated carbocycles. The van der Waals surface area contributed by atoms with E-state index in [1.807, 2.05) is 36.4 Å². The Balaban J connectivity index is 1.62. The molecule has 1 aliphatic carbocycles. The molecule has 0 spiro atoms. The number of nitrogens with one attached hydrogen (secondary N) is 2. The minimum atomic E-state index is -1.25. The summed E-state index contributed by atoms with van der Waals surface area (Å²) in [5.41, 5.74) is 3.22. The van der Waals surface area contributed by atoms with Gasteiger partial charge in [0, 0.05) is 12.0 Å². The van der Waals surface area contributed by atoms with Crippen molar-refractivity contribution in [2.45, 2.75) is 44.7 Å². The van der Waals surface area contributed by atoms with Crippen molar-refractivity contribution in [1.29, 1.82) is 0 Å². The average molecular weight is 410 g/mol. The van der Waals surface area contributed by atoms with E-state index in [0.717, 1.165) is 22.3 Å². The first-order valence-electron chi connectivity index (χ1n) is 9.85. The molecule has 2 aromatic carbocycles. The van der Waals surface area contributed by atoms with Crippen molar-refractivity contribution in [3.8, 4) is 11.1 Å². The summed E-state index contributed by atoms with van der Waals surface area (Å²) in [4.78, 5) is 35.6. The number of benzene rings is 2. The lowest BCUT2D eigenvalue weighted by Gasteiger charge is -2.26. The lowest BCUT2D eigenvalue weighted by atomic mass is 9.98. The molecular weight excluding hydrogens is 384 g/mol. The molecule has 0 heterocycles. The number of carbonyl (C=O) groups excluding carboxylic acids is 2. The first-order valence-corrected chi connectivity index (χ1v) is 9.85. The summed E-state index contributed by atoms with van der Waals surface area (Å²) in [6, 6.07) is 15.5. The van der Waals surface area contributed by atoms with Crippen LogP contribution in [0.1, 0.15) is 44.2 Å². The zero-order chi connectivity index (χ0) is 21.9. The van der Waals surface area contributed by atoms with Gasteiger partial charge in [-0.3, -0.25) is 9.59 Å². The van der Waals surface area contributed by atoms with Crippen molar-refractivity contribution >= 4 is 18.0 Å². The van der Waals surface area contributed by atoms with Crippen LogP contribution < -0.4 is 10.6 Å². The van der Waals surface area contributed by atoms with E-state index >= 15 is 0 Å². The molecule has 0 aliphatic heterocycles. The Labute approximate surface area is 175 Å². The van der Waals surface area contributed by atoms with Crippen molar-refractivity contribution < 1.29 is 24.2 Å². The molecule has 2 aromatic rings. The number of ether oxygens (including phenoxy) is 1. The van der Waals surface area contributed by atoms with Crippen LogP contribution >= 0.6 is 0 Å². The average Bonchev–Trinajstić information content (AvgIpc) is 2.99. The van der Waals surface area contributed by atoms with Crippen LogP contribution in [0.3, 0.4) is 0 Å². The minimum absolute atomic E-state index is 0.0734. The molecule has 7 heteroatoms. The second-order valence-corrected chi connectivity index (χ2v) is 8.05. The van der Waals surface area contributed by atoms with Crippen molar-refractivity contribution in [3.05, 3.63) is 59.7 Å². The third kappa shape index (κ3) is 4.62. The fourth-order valence-electron chi connectivity index (χ4n) is 3.66. The Morgan fingerprint density at radius 2 is 1.57 bits per heavy atom. The van der Waals surface area contributed by atoms with Gasteiger partial charge in [-0.25, -0.2) is 4.79 Å². The summed E-state index contributed by atoms with van der Waals surface area (Å²) in [5.74, 6) is -1.56. The third-order valence-corrected chi connectivity index (χ3v) is 5.18. The molecule has 158 valence electrons. The number of amides is 2. The quantitative estimate of drug-likeness (QED) is 0.650. The Bertz CT molecular complexity index is 924.